The van der Waals surface area contributed by atoms with Crippen LogP contribution < -0.4 is 0 Å². The van der Waals surface area contributed by atoms with E-state index in [0.29, 0.717) is 0 Å². The van der Waals surface area contributed by atoms with Crippen LogP contribution >= 0.6 is 0 Å². The van der Waals surface area contributed by atoms with Gasteiger partial charge in [0.15, 0.2) is 9.04 Å². The second-order valence-electron chi connectivity index (χ2n) is 2.48. The minimum Gasteiger partial charge on any atom is -0.396 e. The van der Waals surface area contributed by atoms with Crippen LogP contribution in [0.4, 0.5) is 0 Å². The van der Waals surface area contributed by atoms with Crippen molar-refractivity contribution in [3.8, 4) is 0 Å². The molecule has 10 heavy (non-hydrogen) atoms. The van der Waals surface area contributed by atoms with Crippen molar-refractivity contribution in [3.63, 3.8) is 0 Å². The quantitative estimate of drug-likeness (QED) is 0.453. The normalized spacial score (nSPS) is 14.1. The van der Waals surface area contributed by atoms with Gasteiger partial charge >= 0.3 is 0 Å². The minimum absolute atomic E-state index is 0.0525. The van der Waals surface area contributed by atoms with Crippen LogP contribution in [0.3, 0.4) is 0 Å². The summed E-state index contributed by atoms with van der Waals surface area (Å²) in [7, 11) is -0.903. The summed E-state index contributed by atoms with van der Waals surface area (Å²) >= 11 is 0. The van der Waals surface area contributed by atoms with E-state index >= 15 is 0 Å². The van der Waals surface area contributed by atoms with Crippen molar-refractivity contribution in [1.29, 1.82) is 0 Å². The third-order valence-electron chi connectivity index (χ3n) is 1.11. The van der Waals surface area contributed by atoms with Crippen molar-refractivity contribution >= 4 is 9.04 Å². The van der Waals surface area contributed by atoms with E-state index in [1.165, 1.54) is 0 Å². The summed E-state index contributed by atoms with van der Waals surface area (Å²) in [6, 6.07) is 0. The lowest BCUT2D eigenvalue weighted by atomic mass is 10.5. The van der Waals surface area contributed by atoms with Gasteiger partial charge in [0.05, 0.1) is 0 Å². The lowest BCUT2D eigenvalue weighted by Crippen LogP contribution is -2.22. The van der Waals surface area contributed by atoms with Crippen LogP contribution in [0, 0.1) is 0 Å². The number of ether oxygens (including phenoxy) is 1. The van der Waals surface area contributed by atoms with E-state index < -0.39 is 9.04 Å². The molecule has 1 unspecified atom stereocenters. The highest BCUT2D eigenvalue weighted by Crippen LogP contribution is 2.01. The first-order valence-corrected chi connectivity index (χ1v) is 6.75. The minimum atomic E-state index is -0.903. The van der Waals surface area contributed by atoms with Crippen LogP contribution in [0.25, 0.3) is 0 Å². The van der Waals surface area contributed by atoms with Crippen LogP contribution in [-0.2, 0) is 9.16 Å². The Morgan fingerprint density at radius 1 is 1.30 bits per heavy atom. The first-order valence-electron chi connectivity index (χ1n) is 3.97. The molecule has 0 aliphatic heterocycles. The lowest BCUT2D eigenvalue weighted by molar-refractivity contribution is -0.0785. The molecule has 3 heteroatoms. The monoisotopic (exact) mass is 162 g/mol. The van der Waals surface area contributed by atoms with Gasteiger partial charge in [-0.1, -0.05) is 6.92 Å². The van der Waals surface area contributed by atoms with Crippen molar-refractivity contribution in [3.05, 3.63) is 0 Å². The molecule has 0 rings (SSSR count). The van der Waals surface area contributed by atoms with E-state index in [0.717, 1.165) is 13.0 Å². The number of rotatable bonds is 5. The van der Waals surface area contributed by atoms with Crippen molar-refractivity contribution in [2.45, 2.75) is 39.7 Å². The van der Waals surface area contributed by atoms with E-state index in [1.807, 2.05) is 6.92 Å². The lowest BCUT2D eigenvalue weighted by Gasteiger charge is -2.17. The first kappa shape index (κ1) is 10.1. The van der Waals surface area contributed by atoms with E-state index in [-0.39, 0.29) is 6.29 Å². The van der Waals surface area contributed by atoms with Gasteiger partial charge in [-0.25, -0.2) is 0 Å². The Morgan fingerprint density at radius 3 is 2.20 bits per heavy atom. The SMILES string of the molecule is CCOC(CC)O[SiH](C)C. The van der Waals surface area contributed by atoms with Gasteiger partial charge in [-0.3, -0.25) is 0 Å². The summed E-state index contributed by atoms with van der Waals surface area (Å²) in [5.41, 5.74) is 0. The van der Waals surface area contributed by atoms with Crippen molar-refractivity contribution in [2.75, 3.05) is 6.61 Å². The molecule has 1 atom stereocenters. The maximum Gasteiger partial charge on any atom is 0.174 e. The van der Waals surface area contributed by atoms with Crippen LogP contribution in [0.1, 0.15) is 20.3 Å². The smallest absolute Gasteiger partial charge is 0.174 e. The molecular formula is C7H18O2Si. The molecule has 0 bridgehead atoms. The Bertz CT molecular complexity index is 76.0. The molecule has 0 fully saturated rings. The number of hydrogen-bond acceptors (Lipinski definition) is 2. The van der Waals surface area contributed by atoms with Gasteiger partial charge in [-0.15, -0.1) is 0 Å². The highest BCUT2D eigenvalue weighted by molar-refractivity contribution is 6.48. The molecule has 0 aromatic rings. The average molecular weight is 162 g/mol. The molecule has 0 aliphatic carbocycles. The van der Waals surface area contributed by atoms with Gasteiger partial charge in [-0.2, -0.15) is 0 Å². The van der Waals surface area contributed by atoms with Crippen molar-refractivity contribution < 1.29 is 9.16 Å². The Morgan fingerprint density at radius 2 is 1.90 bits per heavy atom. The molecule has 0 saturated carbocycles. The molecular weight excluding hydrogens is 144 g/mol. The molecule has 0 spiro atoms. The second-order valence-corrected chi connectivity index (χ2v) is 4.85. The van der Waals surface area contributed by atoms with Crippen LogP contribution in [0.15, 0.2) is 0 Å². The Labute approximate surface area is 65.3 Å². The van der Waals surface area contributed by atoms with Gasteiger partial charge in [0.2, 0.25) is 0 Å². The Kier molecular flexibility index (Phi) is 5.97. The molecule has 0 aromatic heterocycles. The van der Waals surface area contributed by atoms with E-state index in [9.17, 15) is 0 Å². The maximum absolute atomic E-state index is 5.56. The van der Waals surface area contributed by atoms with Gasteiger partial charge in [-0.05, 0) is 26.4 Å². The summed E-state index contributed by atoms with van der Waals surface area (Å²) in [5.74, 6) is 0. The van der Waals surface area contributed by atoms with Crippen LogP contribution in [0.5, 0.6) is 0 Å². The van der Waals surface area contributed by atoms with Gasteiger partial charge in [0, 0.05) is 6.61 Å². The fraction of sp³-hybridized carbons (Fsp3) is 1.00. The van der Waals surface area contributed by atoms with Crippen LogP contribution in [0.2, 0.25) is 13.1 Å². The van der Waals surface area contributed by atoms with Crippen LogP contribution in [-0.4, -0.2) is 21.9 Å². The zero-order valence-electron chi connectivity index (χ0n) is 7.39. The second kappa shape index (κ2) is 5.89. The Balaban J connectivity index is 3.39. The molecule has 0 radical (unpaired) electrons. The molecule has 2 nitrogen and oxygen atoms in total. The number of hydrogen-bond donors (Lipinski definition) is 0. The summed E-state index contributed by atoms with van der Waals surface area (Å²) in [6.07, 6.45) is 1.01. The highest BCUT2D eigenvalue weighted by Gasteiger charge is 2.07. The van der Waals surface area contributed by atoms with E-state index in [2.05, 4.69) is 20.0 Å². The summed E-state index contributed by atoms with van der Waals surface area (Å²) in [6.45, 7) is 9.13. The molecule has 0 amide bonds. The topological polar surface area (TPSA) is 18.5 Å². The Hall–Kier alpha value is 0.137. The predicted octanol–water partition coefficient (Wildman–Crippen LogP) is 1.76. The molecule has 62 valence electrons. The average Bonchev–Trinajstić information content (AvgIpc) is 1.86. The predicted molar refractivity (Wildman–Crippen MR) is 45.7 cm³/mol. The van der Waals surface area contributed by atoms with Crippen molar-refractivity contribution in [1.82, 2.24) is 0 Å². The van der Waals surface area contributed by atoms with Gasteiger partial charge in [0.25, 0.3) is 0 Å². The molecule has 0 saturated heterocycles. The molecule has 0 aliphatic rings. The molecule has 0 N–H and O–H groups in total. The molecule has 0 aromatic carbocycles. The standard InChI is InChI=1S/C7H18O2Si/c1-5-7(8-6-2)9-10(3)4/h7,10H,5-6H2,1-4H3. The third kappa shape index (κ3) is 4.96. The van der Waals surface area contributed by atoms with Crippen molar-refractivity contribution in [2.24, 2.45) is 0 Å². The third-order valence-corrected chi connectivity index (χ3v) is 1.96. The van der Waals surface area contributed by atoms with E-state index in [4.69, 9.17) is 9.16 Å². The summed E-state index contributed by atoms with van der Waals surface area (Å²) in [4.78, 5) is 0. The fourth-order valence-electron chi connectivity index (χ4n) is 0.743. The highest BCUT2D eigenvalue weighted by atomic mass is 28.3. The fourth-order valence-corrected chi connectivity index (χ4v) is 1.62. The maximum atomic E-state index is 5.56. The largest absolute Gasteiger partial charge is 0.396 e. The zero-order valence-corrected chi connectivity index (χ0v) is 8.54. The zero-order chi connectivity index (χ0) is 7.98. The van der Waals surface area contributed by atoms with Gasteiger partial charge in [0.1, 0.15) is 6.29 Å². The van der Waals surface area contributed by atoms with Gasteiger partial charge < -0.3 is 9.16 Å². The first-order chi connectivity index (χ1) is 4.70. The molecule has 0 heterocycles. The summed E-state index contributed by atoms with van der Waals surface area (Å²) < 4.78 is 10.9. The van der Waals surface area contributed by atoms with E-state index in [1.54, 1.807) is 0 Å². The summed E-state index contributed by atoms with van der Waals surface area (Å²) in [5, 5.41) is 0.